The molecule has 0 spiro atoms. The first-order valence-electron chi connectivity index (χ1n) is 6.22. The van der Waals surface area contributed by atoms with Crippen LogP contribution in [0.15, 0.2) is 40.9 Å². The molecule has 2 rings (SSSR count). The van der Waals surface area contributed by atoms with Crippen molar-refractivity contribution in [1.29, 1.82) is 0 Å². The van der Waals surface area contributed by atoms with Crippen LogP contribution in [0.1, 0.15) is 16.7 Å². The molecular weight excluding hydrogens is 320 g/mol. The minimum atomic E-state index is -0.344. The van der Waals surface area contributed by atoms with Gasteiger partial charge in [0.25, 0.3) is 5.69 Å². The predicted octanol–water partition coefficient (Wildman–Crippen LogP) is 4.59. The molecule has 0 saturated carbocycles. The van der Waals surface area contributed by atoms with Crippen molar-refractivity contribution in [3.8, 4) is 0 Å². The second-order valence-electron chi connectivity index (χ2n) is 4.58. The summed E-state index contributed by atoms with van der Waals surface area (Å²) in [6.45, 7) is 4.36. The average Bonchev–Trinajstić information content (AvgIpc) is 2.41. The van der Waals surface area contributed by atoms with Gasteiger partial charge < -0.3 is 5.32 Å². The van der Waals surface area contributed by atoms with Crippen LogP contribution in [0, 0.1) is 24.0 Å². The number of nitro benzene ring substituents is 1. The van der Waals surface area contributed by atoms with E-state index in [9.17, 15) is 10.1 Å². The minimum Gasteiger partial charge on any atom is -0.381 e. The molecule has 0 fully saturated rings. The van der Waals surface area contributed by atoms with Crippen LogP contribution in [-0.2, 0) is 6.54 Å². The number of hydrogen-bond donors (Lipinski definition) is 1. The van der Waals surface area contributed by atoms with Crippen molar-refractivity contribution in [2.45, 2.75) is 20.4 Å². The average molecular weight is 335 g/mol. The fraction of sp³-hybridized carbons (Fsp3) is 0.200. The van der Waals surface area contributed by atoms with Crippen molar-refractivity contribution in [3.63, 3.8) is 0 Å². The zero-order valence-electron chi connectivity index (χ0n) is 11.3. The molecule has 0 bridgehead atoms. The maximum Gasteiger partial charge on any atom is 0.272 e. The lowest BCUT2D eigenvalue weighted by Gasteiger charge is -2.12. The van der Waals surface area contributed by atoms with Gasteiger partial charge in [-0.2, -0.15) is 0 Å². The Morgan fingerprint density at radius 1 is 1.15 bits per heavy atom. The first kappa shape index (κ1) is 14.5. The Balaban J connectivity index is 2.21. The first-order chi connectivity index (χ1) is 9.50. The number of nitrogens with one attached hydrogen (secondary N) is 1. The molecule has 0 aromatic heterocycles. The first-order valence-corrected chi connectivity index (χ1v) is 7.02. The van der Waals surface area contributed by atoms with Crippen molar-refractivity contribution >= 4 is 27.3 Å². The lowest BCUT2D eigenvalue weighted by molar-refractivity contribution is -0.385. The number of nitro groups is 1. The molecular formula is C15H15BrN2O2. The summed E-state index contributed by atoms with van der Waals surface area (Å²) >= 11 is 3.49. The van der Waals surface area contributed by atoms with Gasteiger partial charge in [0.15, 0.2) is 0 Å². The molecule has 5 heteroatoms. The van der Waals surface area contributed by atoms with Crippen LogP contribution in [-0.4, -0.2) is 4.92 Å². The molecule has 104 valence electrons. The standard InChI is InChI=1S/C15H15BrN2O2/c1-10-12(5-3-8-15(10)18(19)20)9-17-14-7-4-6-13(16)11(14)2/h3-8,17H,9H2,1-2H3. The zero-order valence-corrected chi connectivity index (χ0v) is 12.9. The van der Waals surface area contributed by atoms with Gasteiger partial charge in [0, 0.05) is 28.3 Å². The fourth-order valence-electron chi connectivity index (χ4n) is 2.05. The zero-order chi connectivity index (χ0) is 14.7. The van der Waals surface area contributed by atoms with E-state index in [2.05, 4.69) is 21.2 Å². The van der Waals surface area contributed by atoms with Crippen molar-refractivity contribution in [2.75, 3.05) is 5.32 Å². The normalized spacial score (nSPS) is 10.3. The summed E-state index contributed by atoms with van der Waals surface area (Å²) in [6.07, 6.45) is 0. The van der Waals surface area contributed by atoms with Crippen LogP contribution in [0.25, 0.3) is 0 Å². The highest BCUT2D eigenvalue weighted by Crippen LogP contribution is 2.25. The van der Waals surface area contributed by atoms with Gasteiger partial charge in [-0.05, 0) is 37.1 Å². The van der Waals surface area contributed by atoms with Gasteiger partial charge in [0.1, 0.15) is 0 Å². The van der Waals surface area contributed by atoms with Gasteiger partial charge >= 0.3 is 0 Å². The predicted molar refractivity (Wildman–Crippen MR) is 84.0 cm³/mol. The summed E-state index contributed by atoms with van der Waals surface area (Å²) in [4.78, 5) is 10.6. The van der Waals surface area contributed by atoms with E-state index in [0.29, 0.717) is 12.1 Å². The minimum absolute atomic E-state index is 0.162. The highest BCUT2D eigenvalue weighted by atomic mass is 79.9. The number of halogens is 1. The second-order valence-corrected chi connectivity index (χ2v) is 5.44. The fourth-order valence-corrected chi connectivity index (χ4v) is 2.41. The molecule has 0 atom stereocenters. The second kappa shape index (κ2) is 6.05. The van der Waals surface area contributed by atoms with Crippen LogP contribution in [0.5, 0.6) is 0 Å². The molecule has 0 saturated heterocycles. The third-order valence-electron chi connectivity index (χ3n) is 3.35. The highest BCUT2D eigenvalue weighted by Gasteiger charge is 2.13. The lowest BCUT2D eigenvalue weighted by atomic mass is 10.1. The molecule has 0 heterocycles. The number of anilines is 1. The summed E-state index contributed by atoms with van der Waals surface area (Å²) in [5, 5.41) is 14.3. The van der Waals surface area contributed by atoms with Gasteiger partial charge in [-0.1, -0.05) is 34.1 Å². The van der Waals surface area contributed by atoms with E-state index < -0.39 is 0 Å². The maximum atomic E-state index is 10.9. The summed E-state index contributed by atoms with van der Waals surface area (Å²) in [5.41, 5.74) is 3.94. The van der Waals surface area contributed by atoms with Crippen molar-refractivity contribution < 1.29 is 4.92 Å². The smallest absolute Gasteiger partial charge is 0.272 e. The van der Waals surface area contributed by atoms with Crippen LogP contribution in [0.2, 0.25) is 0 Å². The monoisotopic (exact) mass is 334 g/mol. The number of benzene rings is 2. The van der Waals surface area contributed by atoms with Crippen LogP contribution in [0.4, 0.5) is 11.4 Å². The third kappa shape index (κ3) is 2.99. The van der Waals surface area contributed by atoms with E-state index in [1.807, 2.05) is 31.2 Å². The number of hydrogen-bond acceptors (Lipinski definition) is 3. The van der Waals surface area contributed by atoms with Crippen molar-refractivity contribution in [1.82, 2.24) is 0 Å². The molecule has 1 N–H and O–H groups in total. The van der Waals surface area contributed by atoms with Crippen LogP contribution < -0.4 is 5.32 Å². The summed E-state index contributed by atoms with van der Waals surface area (Å²) < 4.78 is 1.04. The Labute approximate surface area is 126 Å². The van der Waals surface area contributed by atoms with E-state index in [4.69, 9.17) is 0 Å². The van der Waals surface area contributed by atoms with Crippen LogP contribution in [0.3, 0.4) is 0 Å². The lowest BCUT2D eigenvalue weighted by Crippen LogP contribution is -2.04. The molecule has 0 aliphatic carbocycles. The Kier molecular flexibility index (Phi) is 4.39. The molecule has 0 aliphatic rings. The van der Waals surface area contributed by atoms with Crippen molar-refractivity contribution in [2.24, 2.45) is 0 Å². The van der Waals surface area contributed by atoms with E-state index in [1.54, 1.807) is 13.0 Å². The summed E-state index contributed by atoms with van der Waals surface area (Å²) in [5.74, 6) is 0. The Hall–Kier alpha value is -1.88. The molecule has 2 aromatic carbocycles. The van der Waals surface area contributed by atoms with Gasteiger partial charge in [-0.25, -0.2) is 0 Å². The van der Waals surface area contributed by atoms with Crippen molar-refractivity contribution in [3.05, 3.63) is 67.7 Å². The van der Waals surface area contributed by atoms with E-state index in [1.165, 1.54) is 6.07 Å². The molecule has 20 heavy (non-hydrogen) atoms. The Bertz CT molecular complexity index is 656. The van der Waals surface area contributed by atoms with Gasteiger partial charge in [0.05, 0.1) is 4.92 Å². The van der Waals surface area contributed by atoms with Gasteiger partial charge in [0.2, 0.25) is 0 Å². The SMILES string of the molecule is Cc1c(Br)cccc1NCc1cccc([N+](=O)[O-])c1C. The number of nitrogens with zero attached hydrogens (tertiary/aromatic N) is 1. The maximum absolute atomic E-state index is 10.9. The summed E-state index contributed by atoms with van der Waals surface area (Å²) in [6, 6.07) is 11.1. The van der Waals surface area contributed by atoms with E-state index in [-0.39, 0.29) is 10.6 Å². The van der Waals surface area contributed by atoms with Gasteiger partial charge in [-0.3, -0.25) is 10.1 Å². The summed E-state index contributed by atoms with van der Waals surface area (Å²) in [7, 11) is 0. The highest BCUT2D eigenvalue weighted by molar-refractivity contribution is 9.10. The largest absolute Gasteiger partial charge is 0.381 e. The van der Waals surface area contributed by atoms with Gasteiger partial charge in [-0.15, -0.1) is 0 Å². The molecule has 0 aliphatic heterocycles. The molecule has 0 radical (unpaired) electrons. The third-order valence-corrected chi connectivity index (χ3v) is 4.21. The molecule has 0 amide bonds. The van der Waals surface area contributed by atoms with Crippen LogP contribution >= 0.6 is 15.9 Å². The molecule has 2 aromatic rings. The number of rotatable bonds is 4. The quantitative estimate of drug-likeness (QED) is 0.657. The van der Waals surface area contributed by atoms with E-state index >= 15 is 0 Å². The Morgan fingerprint density at radius 2 is 1.85 bits per heavy atom. The van der Waals surface area contributed by atoms with E-state index in [0.717, 1.165) is 21.3 Å². The topological polar surface area (TPSA) is 55.2 Å². The Morgan fingerprint density at radius 3 is 2.55 bits per heavy atom. The molecule has 0 unspecified atom stereocenters. The molecule has 4 nitrogen and oxygen atoms in total.